The average molecular weight is 306 g/mol. The van der Waals surface area contributed by atoms with E-state index in [4.69, 9.17) is 18.0 Å². The quantitative estimate of drug-likeness (QED) is 0.791. The smallest absolute Gasteiger partial charge is 0.136 e. The zero-order valence-corrected chi connectivity index (χ0v) is 14.1. The highest BCUT2D eigenvalue weighted by Crippen LogP contribution is 2.22. The Hall–Kier alpha value is -1.20. The summed E-state index contributed by atoms with van der Waals surface area (Å²) in [7, 11) is 2.21. The van der Waals surface area contributed by atoms with Crippen molar-refractivity contribution in [2.75, 3.05) is 25.5 Å². The Morgan fingerprint density at radius 2 is 2.10 bits per heavy atom. The molecule has 0 aliphatic heterocycles. The summed E-state index contributed by atoms with van der Waals surface area (Å²) in [6.45, 7) is 5.89. The van der Waals surface area contributed by atoms with E-state index in [1.807, 2.05) is 19.9 Å². The van der Waals surface area contributed by atoms with Crippen molar-refractivity contribution in [1.29, 1.82) is 0 Å². The van der Waals surface area contributed by atoms with Crippen molar-refractivity contribution in [2.45, 2.75) is 45.6 Å². The van der Waals surface area contributed by atoms with Crippen molar-refractivity contribution in [3.63, 3.8) is 0 Å². The van der Waals surface area contributed by atoms with Gasteiger partial charge in [-0.3, -0.25) is 0 Å². The van der Waals surface area contributed by atoms with E-state index >= 15 is 0 Å². The molecule has 3 N–H and O–H groups in total. The second-order valence-electron chi connectivity index (χ2n) is 6.01. The minimum absolute atomic E-state index is 0.409. The molecule has 0 aromatic carbocycles. The van der Waals surface area contributed by atoms with Crippen LogP contribution in [0.2, 0.25) is 0 Å². The van der Waals surface area contributed by atoms with Crippen molar-refractivity contribution >= 4 is 23.0 Å². The molecule has 5 heteroatoms. The van der Waals surface area contributed by atoms with Gasteiger partial charge in [-0.25, -0.2) is 4.98 Å². The van der Waals surface area contributed by atoms with Gasteiger partial charge in [0.25, 0.3) is 0 Å². The fourth-order valence-electron chi connectivity index (χ4n) is 3.15. The number of rotatable bonds is 6. The van der Waals surface area contributed by atoms with Crippen molar-refractivity contribution in [3.8, 4) is 0 Å². The fourth-order valence-corrected chi connectivity index (χ4v) is 3.41. The van der Waals surface area contributed by atoms with Gasteiger partial charge in [-0.05, 0) is 45.4 Å². The van der Waals surface area contributed by atoms with Gasteiger partial charge in [-0.1, -0.05) is 25.1 Å². The van der Waals surface area contributed by atoms with Crippen LogP contribution in [0.25, 0.3) is 0 Å². The Bertz CT molecular complexity index is 509. The first-order chi connectivity index (χ1) is 9.99. The zero-order valence-electron chi connectivity index (χ0n) is 13.3. The maximum absolute atomic E-state index is 5.84. The number of pyridine rings is 1. The van der Waals surface area contributed by atoms with Crippen LogP contribution >= 0.6 is 12.2 Å². The number of nitrogens with two attached hydrogens (primary N) is 1. The predicted octanol–water partition coefficient (Wildman–Crippen LogP) is 2.62. The monoisotopic (exact) mass is 306 g/mol. The van der Waals surface area contributed by atoms with Gasteiger partial charge in [0.05, 0.1) is 5.56 Å². The number of anilines is 1. The van der Waals surface area contributed by atoms with E-state index in [9.17, 15) is 0 Å². The Morgan fingerprint density at radius 3 is 2.71 bits per heavy atom. The first kappa shape index (κ1) is 16.2. The van der Waals surface area contributed by atoms with E-state index in [0.29, 0.717) is 4.99 Å². The maximum atomic E-state index is 5.84. The fraction of sp³-hybridized carbons (Fsp3) is 0.625. The molecule has 0 saturated heterocycles. The molecule has 0 atom stereocenters. The van der Waals surface area contributed by atoms with Crippen LogP contribution in [0.3, 0.4) is 0 Å². The van der Waals surface area contributed by atoms with Crippen molar-refractivity contribution in [1.82, 2.24) is 9.88 Å². The lowest BCUT2D eigenvalue weighted by atomic mass is 10.1. The van der Waals surface area contributed by atoms with Crippen molar-refractivity contribution < 1.29 is 0 Å². The molecule has 1 aromatic rings. The van der Waals surface area contributed by atoms with Crippen molar-refractivity contribution in [2.24, 2.45) is 5.73 Å². The Morgan fingerprint density at radius 1 is 1.43 bits per heavy atom. The lowest BCUT2D eigenvalue weighted by Gasteiger charge is -2.24. The minimum atomic E-state index is 0.409. The molecular formula is C16H26N4S. The van der Waals surface area contributed by atoms with Crippen LogP contribution < -0.4 is 11.1 Å². The highest BCUT2D eigenvalue weighted by molar-refractivity contribution is 7.80. The van der Waals surface area contributed by atoms with Gasteiger partial charge in [0.1, 0.15) is 10.8 Å². The Kier molecular flexibility index (Phi) is 5.53. The van der Waals surface area contributed by atoms with Crippen molar-refractivity contribution in [3.05, 3.63) is 22.9 Å². The third-order valence-electron chi connectivity index (χ3n) is 4.30. The normalized spacial score (nSPS) is 15.6. The van der Waals surface area contributed by atoms with Gasteiger partial charge in [0, 0.05) is 24.8 Å². The molecule has 0 spiro atoms. The molecule has 0 radical (unpaired) electrons. The molecule has 116 valence electrons. The lowest BCUT2D eigenvalue weighted by molar-refractivity contribution is 0.254. The SMILES string of the molecule is Cc1cc(C)c(C(N)=S)c(NCCN(C)C2CCCC2)n1. The molecule has 1 aliphatic rings. The van der Waals surface area contributed by atoms with E-state index in [0.717, 1.165) is 41.8 Å². The zero-order chi connectivity index (χ0) is 15.4. The van der Waals surface area contributed by atoms with E-state index in [-0.39, 0.29) is 0 Å². The molecule has 2 rings (SSSR count). The van der Waals surface area contributed by atoms with Crippen LogP contribution in [0, 0.1) is 13.8 Å². The molecule has 0 amide bonds. The number of aromatic nitrogens is 1. The molecule has 0 unspecified atom stereocenters. The van der Waals surface area contributed by atoms with Crippen LogP contribution in [-0.4, -0.2) is 41.1 Å². The lowest BCUT2D eigenvalue weighted by Crippen LogP contribution is -2.33. The van der Waals surface area contributed by atoms with Gasteiger partial charge in [0.2, 0.25) is 0 Å². The Labute approximate surface area is 133 Å². The molecule has 21 heavy (non-hydrogen) atoms. The highest BCUT2D eigenvalue weighted by Gasteiger charge is 2.19. The topological polar surface area (TPSA) is 54.2 Å². The average Bonchev–Trinajstić information content (AvgIpc) is 2.91. The molecule has 0 bridgehead atoms. The molecule has 1 aromatic heterocycles. The van der Waals surface area contributed by atoms with Gasteiger partial charge in [-0.15, -0.1) is 0 Å². The number of nitrogens with one attached hydrogen (secondary N) is 1. The third kappa shape index (κ3) is 4.14. The first-order valence-corrected chi connectivity index (χ1v) is 8.12. The second kappa shape index (κ2) is 7.18. The van der Waals surface area contributed by atoms with Crippen LogP contribution in [-0.2, 0) is 0 Å². The largest absolute Gasteiger partial charge is 0.389 e. The number of likely N-dealkylation sites (N-methyl/N-ethyl adjacent to an activating group) is 1. The van der Waals surface area contributed by atoms with Gasteiger partial charge in [0.15, 0.2) is 0 Å². The van der Waals surface area contributed by atoms with Gasteiger partial charge in [-0.2, -0.15) is 0 Å². The number of thiocarbonyl (C=S) groups is 1. The van der Waals surface area contributed by atoms with E-state index in [1.165, 1.54) is 25.7 Å². The molecular weight excluding hydrogens is 280 g/mol. The molecule has 1 saturated carbocycles. The summed E-state index contributed by atoms with van der Waals surface area (Å²) in [4.78, 5) is 7.41. The second-order valence-corrected chi connectivity index (χ2v) is 6.45. The van der Waals surface area contributed by atoms with E-state index < -0.39 is 0 Å². The summed E-state index contributed by atoms with van der Waals surface area (Å²) in [5, 5.41) is 3.41. The predicted molar refractivity (Wildman–Crippen MR) is 93.0 cm³/mol. The minimum Gasteiger partial charge on any atom is -0.389 e. The number of aryl methyl sites for hydroxylation is 2. The van der Waals surface area contributed by atoms with E-state index in [1.54, 1.807) is 0 Å². The van der Waals surface area contributed by atoms with Gasteiger partial charge < -0.3 is 16.0 Å². The number of hydrogen-bond acceptors (Lipinski definition) is 4. The van der Waals surface area contributed by atoms with E-state index in [2.05, 4.69) is 22.2 Å². The number of nitrogens with zero attached hydrogens (tertiary/aromatic N) is 2. The summed E-state index contributed by atoms with van der Waals surface area (Å²) in [6.07, 6.45) is 5.40. The van der Waals surface area contributed by atoms with Gasteiger partial charge >= 0.3 is 0 Å². The summed E-state index contributed by atoms with van der Waals surface area (Å²) < 4.78 is 0. The summed E-state index contributed by atoms with van der Waals surface area (Å²) in [6, 6.07) is 2.76. The van der Waals surface area contributed by atoms with Crippen LogP contribution in [0.5, 0.6) is 0 Å². The maximum Gasteiger partial charge on any atom is 0.136 e. The third-order valence-corrected chi connectivity index (χ3v) is 4.50. The van der Waals surface area contributed by atoms with Crippen LogP contribution in [0.4, 0.5) is 5.82 Å². The molecule has 1 aliphatic carbocycles. The summed E-state index contributed by atoms with van der Waals surface area (Å²) in [5.41, 5.74) is 8.78. The number of hydrogen-bond donors (Lipinski definition) is 2. The molecule has 1 fully saturated rings. The van der Waals surface area contributed by atoms with Crippen LogP contribution in [0.15, 0.2) is 6.07 Å². The highest BCUT2D eigenvalue weighted by atomic mass is 32.1. The summed E-state index contributed by atoms with van der Waals surface area (Å²) >= 11 is 5.16. The summed E-state index contributed by atoms with van der Waals surface area (Å²) in [5.74, 6) is 0.819. The molecule has 1 heterocycles. The molecule has 4 nitrogen and oxygen atoms in total. The van der Waals surface area contributed by atoms with Crippen LogP contribution in [0.1, 0.15) is 42.5 Å². The standard InChI is InChI=1S/C16H26N4S/c1-11-10-12(2)19-16(14(11)15(17)21)18-8-9-20(3)13-6-4-5-7-13/h10,13H,4-9H2,1-3H3,(H2,17,21)(H,18,19). The Balaban J connectivity index is 1.97. The first-order valence-electron chi connectivity index (χ1n) is 7.71.